The average molecular weight is 621 g/mol. The lowest BCUT2D eigenvalue weighted by Crippen LogP contribution is -2.21. The molecule has 198 valence electrons. The Morgan fingerprint density at radius 2 is 1.92 bits per heavy atom. The maximum atomic E-state index is 13.1. The van der Waals surface area contributed by atoms with E-state index < -0.39 is 22.7 Å². The van der Waals surface area contributed by atoms with E-state index in [1.54, 1.807) is 6.92 Å². The third kappa shape index (κ3) is 7.66. The van der Waals surface area contributed by atoms with Gasteiger partial charge in [0.2, 0.25) is 0 Å². The molecule has 37 heavy (non-hydrogen) atoms. The smallest absolute Gasteiger partial charge is 0.368 e. The molecule has 2 N–H and O–H groups in total. The third-order valence-corrected chi connectivity index (χ3v) is 7.25. The van der Waals surface area contributed by atoms with E-state index in [1.165, 1.54) is 12.5 Å². The number of pyridine rings is 1. The van der Waals surface area contributed by atoms with Crippen molar-refractivity contribution >= 4 is 62.2 Å². The number of likely N-dealkylation sites (N-methyl/N-ethyl adjacent to an activating group) is 1. The predicted molar refractivity (Wildman–Crippen MR) is 138 cm³/mol. The largest absolute Gasteiger partial charge is 0.418 e. The Hall–Kier alpha value is -2.68. The van der Waals surface area contributed by atoms with Gasteiger partial charge in [-0.15, -0.1) is 11.3 Å². The fraction of sp³-hybridized carbons (Fsp3) is 0.364. The van der Waals surface area contributed by atoms with Gasteiger partial charge in [0.05, 0.1) is 26.3 Å². The molecule has 3 aromatic rings. The number of anilines is 2. The summed E-state index contributed by atoms with van der Waals surface area (Å²) >= 11 is 9.99. The molecule has 0 aliphatic carbocycles. The number of rotatable bonds is 10. The molecule has 0 saturated carbocycles. The van der Waals surface area contributed by atoms with E-state index in [0.29, 0.717) is 27.9 Å². The molecular weight excluding hydrogens is 599 g/mol. The van der Waals surface area contributed by atoms with Crippen molar-refractivity contribution in [2.75, 3.05) is 37.8 Å². The van der Waals surface area contributed by atoms with Crippen LogP contribution in [0, 0.1) is 0 Å². The summed E-state index contributed by atoms with van der Waals surface area (Å²) in [5.41, 5.74) is -0.887. The summed E-state index contributed by atoms with van der Waals surface area (Å²) in [5.74, 6) is -1.08. The molecule has 1 atom stereocenters. The van der Waals surface area contributed by atoms with Crippen molar-refractivity contribution in [2.45, 2.75) is 25.4 Å². The van der Waals surface area contributed by atoms with E-state index in [-0.39, 0.29) is 34.5 Å². The number of hydrogen-bond acceptors (Lipinski definition) is 9. The normalized spacial score (nSPS) is 12.5. The molecule has 15 heteroatoms. The molecule has 0 aliphatic rings. The van der Waals surface area contributed by atoms with Crippen LogP contribution in [-0.2, 0) is 6.18 Å². The molecular formula is C22H22BrClF3N7O2S. The number of nitrogens with zero attached hydrogens (tertiary/aromatic N) is 5. The molecule has 0 saturated heterocycles. The first-order chi connectivity index (χ1) is 17.4. The van der Waals surface area contributed by atoms with Gasteiger partial charge in [0.1, 0.15) is 28.5 Å². The van der Waals surface area contributed by atoms with E-state index in [1.807, 2.05) is 19.0 Å². The Balaban J connectivity index is 1.66. The van der Waals surface area contributed by atoms with Gasteiger partial charge in [0, 0.05) is 31.6 Å². The second-order valence-corrected chi connectivity index (χ2v) is 10.5. The third-order valence-electron chi connectivity index (χ3n) is 4.97. The Morgan fingerprint density at radius 3 is 2.59 bits per heavy atom. The maximum Gasteiger partial charge on any atom is 0.418 e. The molecule has 0 aliphatic heterocycles. The number of ketones is 1. The molecule has 3 rings (SSSR count). The van der Waals surface area contributed by atoms with Crippen LogP contribution in [0.5, 0.6) is 0 Å². The number of Topliss-reactive ketones (excluding diaryl/α,β-unsaturated/α-hetero) is 1. The maximum absolute atomic E-state index is 13.1. The van der Waals surface area contributed by atoms with Crippen LogP contribution < -0.4 is 10.6 Å². The van der Waals surface area contributed by atoms with Crippen LogP contribution in [0.1, 0.15) is 50.0 Å². The zero-order valence-electron chi connectivity index (χ0n) is 19.9. The van der Waals surface area contributed by atoms with Gasteiger partial charge in [-0.3, -0.25) is 9.59 Å². The molecule has 1 amide bonds. The van der Waals surface area contributed by atoms with Crippen LogP contribution in [0.25, 0.3) is 0 Å². The SMILES string of the molecule is CC(CC(=O)c1ncnc(NCCN(C)C)c1Br)c1ncc(C(=O)Nc2cc(C(F)(F)F)c(Cl)cn2)s1. The Bertz CT molecular complexity index is 1290. The highest BCUT2D eigenvalue weighted by Crippen LogP contribution is 2.35. The molecule has 0 aromatic carbocycles. The number of carbonyl (C=O) groups is 2. The first kappa shape index (κ1) is 28.9. The standard InChI is InChI=1S/C22H22BrClF3N7O2S/c1-11(6-14(35)18-17(23)19(32-10-31-18)28-4-5-34(2)3)21-30-9-15(37-21)20(36)33-16-7-12(22(25,26)27)13(24)8-29-16/h7-11H,4-6H2,1-3H3,(H,28,31,32)(H,29,33,36). The number of aromatic nitrogens is 4. The highest BCUT2D eigenvalue weighted by atomic mass is 79.9. The lowest BCUT2D eigenvalue weighted by atomic mass is 10.0. The summed E-state index contributed by atoms with van der Waals surface area (Å²) in [7, 11) is 3.89. The number of amides is 1. The monoisotopic (exact) mass is 619 g/mol. The summed E-state index contributed by atoms with van der Waals surface area (Å²) in [6, 6.07) is 0.659. The van der Waals surface area contributed by atoms with Gasteiger partial charge >= 0.3 is 6.18 Å². The van der Waals surface area contributed by atoms with Gasteiger partial charge in [-0.2, -0.15) is 13.2 Å². The molecule has 0 spiro atoms. The zero-order chi connectivity index (χ0) is 27.3. The average Bonchev–Trinajstić information content (AvgIpc) is 3.31. The summed E-state index contributed by atoms with van der Waals surface area (Å²) in [4.78, 5) is 43.9. The first-order valence-electron chi connectivity index (χ1n) is 10.8. The van der Waals surface area contributed by atoms with Crippen molar-refractivity contribution in [3.63, 3.8) is 0 Å². The van der Waals surface area contributed by atoms with Crippen LogP contribution in [-0.4, -0.2) is 63.7 Å². The number of halogens is 5. The Labute approximate surface area is 228 Å². The number of thiazole rings is 1. The molecule has 0 bridgehead atoms. The van der Waals surface area contributed by atoms with E-state index in [4.69, 9.17) is 11.6 Å². The molecule has 3 heterocycles. The second-order valence-electron chi connectivity index (χ2n) is 8.21. The van der Waals surface area contributed by atoms with Gasteiger partial charge in [0.25, 0.3) is 5.91 Å². The quantitative estimate of drug-likeness (QED) is 0.291. The first-order valence-corrected chi connectivity index (χ1v) is 12.8. The van der Waals surface area contributed by atoms with E-state index in [2.05, 4.69) is 46.5 Å². The molecule has 1 unspecified atom stereocenters. The van der Waals surface area contributed by atoms with Crippen molar-refractivity contribution in [1.29, 1.82) is 0 Å². The van der Waals surface area contributed by atoms with Crippen molar-refractivity contribution in [3.05, 3.63) is 55.4 Å². The minimum atomic E-state index is -4.69. The highest BCUT2D eigenvalue weighted by Gasteiger charge is 2.34. The fourth-order valence-corrected chi connectivity index (χ4v) is 4.71. The summed E-state index contributed by atoms with van der Waals surface area (Å²) in [6.45, 7) is 3.17. The second kappa shape index (κ2) is 12.2. The zero-order valence-corrected chi connectivity index (χ0v) is 23.0. The Kier molecular flexibility index (Phi) is 9.56. The lowest BCUT2D eigenvalue weighted by molar-refractivity contribution is -0.137. The van der Waals surface area contributed by atoms with Crippen molar-refractivity contribution in [1.82, 2.24) is 24.8 Å². The van der Waals surface area contributed by atoms with E-state index in [0.717, 1.165) is 24.1 Å². The fourth-order valence-electron chi connectivity index (χ4n) is 3.07. The minimum absolute atomic E-state index is 0.0645. The number of alkyl halides is 3. The van der Waals surface area contributed by atoms with Gasteiger partial charge in [-0.05, 0) is 36.1 Å². The molecule has 0 radical (unpaired) electrons. The minimum Gasteiger partial charge on any atom is -0.368 e. The van der Waals surface area contributed by atoms with Gasteiger partial charge in [0.15, 0.2) is 5.78 Å². The van der Waals surface area contributed by atoms with E-state index in [9.17, 15) is 22.8 Å². The van der Waals surface area contributed by atoms with Crippen LogP contribution in [0.15, 0.2) is 29.3 Å². The van der Waals surface area contributed by atoms with E-state index >= 15 is 0 Å². The van der Waals surface area contributed by atoms with Crippen molar-refractivity contribution < 1.29 is 22.8 Å². The molecule has 9 nitrogen and oxygen atoms in total. The van der Waals surface area contributed by atoms with Crippen LogP contribution in [0.3, 0.4) is 0 Å². The topological polar surface area (TPSA) is 113 Å². The molecule has 0 fully saturated rings. The summed E-state index contributed by atoms with van der Waals surface area (Å²) in [6.07, 6.45) is -1.21. The Morgan fingerprint density at radius 1 is 1.19 bits per heavy atom. The lowest BCUT2D eigenvalue weighted by Gasteiger charge is -2.13. The van der Waals surface area contributed by atoms with Crippen LogP contribution in [0.2, 0.25) is 5.02 Å². The number of carbonyl (C=O) groups excluding carboxylic acids is 2. The van der Waals surface area contributed by atoms with Crippen LogP contribution in [0.4, 0.5) is 24.8 Å². The van der Waals surface area contributed by atoms with Gasteiger partial charge in [-0.1, -0.05) is 18.5 Å². The van der Waals surface area contributed by atoms with Crippen molar-refractivity contribution in [2.24, 2.45) is 0 Å². The van der Waals surface area contributed by atoms with Crippen LogP contribution >= 0.6 is 38.9 Å². The number of nitrogens with one attached hydrogen (secondary N) is 2. The van der Waals surface area contributed by atoms with Gasteiger partial charge in [-0.25, -0.2) is 19.9 Å². The molecule has 3 aromatic heterocycles. The highest BCUT2D eigenvalue weighted by molar-refractivity contribution is 9.10. The summed E-state index contributed by atoms with van der Waals surface area (Å²) < 4.78 is 39.6. The summed E-state index contributed by atoms with van der Waals surface area (Å²) in [5, 5.41) is 5.40. The van der Waals surface area contributed by atoms with Crippen molar-refractivity contribution in [3.8, 4) is 0 Å². The predicted octanol–water partition coefficient (Wildman–Crippen LogP) is 5.37. The number of hydrogen-bond donors (Lipinski definition) is 2. The van der Waals surface area contributed by atoms with Gasteiger partial charge < -0.3 is 15.5 Å².